The lowest BCUT2D eigenvalue weighted by Gasteiger charge is -2.41. The SMILES string of the molecule is COCCN1CCC2(CCC1=O)CCN(C(=O)Cc1ccccc1OC)CC2. The highest BCUT2D eigenvalue weighted by Crippen LogP contribution is 2.41. The van der Waals surface area contributed by atoms with Crippen LogP contribution in [0.15, 0.2) is 24.3 Å². The summed E-state index contributed by atoms with van der Waals surface area (Å²) in [7, 11) is 3.30. The van der Waals surface area contributed by atoms with Gasteiger partial charge in [-0.1, -0.05) is 18.2 Å². The van der Waals surface area contributed by atoms with Crippen molar-refractivity contribution in [1.82, 2.24) is 9.80 Å². The number of para-hydroxylation sites is 1. The normalized spacial score (nSPS) is 19.6. The maximum atomic E-state index is 12.8. The molecule has 0 bridgehead atoms. The molecule has 0 unspecified atom stereocenters. The first-order valence-electron chi connectivity index (χ1n) is 10.2. The first-order chi connectivity index (χ1) is 13.6. The fourth-order valence-electron chi connectivity index (χ4n) is 4.44. The van der Waals surface area contributed by atoms with Crippen molar-refractivity contribution >= 4 is 11.8 Å². The van der Waals surface area contributed by atoms with E-state index in [1.165, 1.54) is 0 Å². The van der Waals surface area contributed by atoms with Gasteiger partial charge < -0.3 is 19.3 Å². The minimum Gasteiger partial charge on any atom is -0.496 e. The number of nitrogens with zero attached hydrogens (tertiary/aromatic N) is 2. The number of methoxy groups -OCH3 is 2. The highest BCUT2D eigenvalue weighted by Gasteiger charge is 2.38. The first-order valence-corrected chi connectivity index (χ1v) is 10.2. The van der Waals surface area contributed by atoms with Crippen LogP contribution in [0.5, 0.6) is 5.75 Å². The zero-order valence-electron chi connectivity index (χ0n) is 17.1. The van der Waals surface area contributed by atoms with Gasteiger partial charge in [-0.15, -0.1) is 0 Å². The number of benzene rings is 1. The summed E-state index contributed by atoms with van der Waals surface area (Å²) in [6, 6.07) is 7.70. The molecule has 6 nitrogen and oxygen atoms in total. The predicted octanol–water partition coefficient (Wildman–Crippen LogP) is 2.51. The summed E-state index contributed by atoms with van der Waals surface area (Å²) in [5.74, 6) is 1.16. The van der Waals surface area contributed by atoms with Crippen molar-refractivity contribution in [3.05, 3.63) is 29.8 Å². The molecular formula is C22H32N2O4. The Morgan fingerprint density at radius 3 is 2.50 bits per heavy atom. The Balaban J connectivity index is 1.55. The molecule has 0 radical (unpaired) electrons. The summed E-state index contributed by atoms with van der Waals surface area (Å²) in [6.45, 7) is 3.62. The molecule has 2 heterocycles. The average molecular weight is 389 g/mol. The summed E-state index contributed by atoms with van der Waals surface area (Å²) in [4.78, 5) is 29.1. The number of ether oxygens (including phenoxy) is 2. The van der Waals surface area contributed by atoms with Gasteiger partial charge in [-0.2, -0.15) is 0 Å². The molecule has 1 aromatic carbocycles. The number of carbonyl (C=O) groups excluding carboxylic acids is 2. The van der Waals surface area contributed by atoms with E-state index in [1.54, 1.807) is 14.2 Å². The minimum absolute atomic E-state index is 0.158. The van der Waals surface area contributed by atoms with Crippen molar-refractivity contribution in [1.29, 1.82) is 0 Å². The Hall–Kier alpha value is -2.08. The number of amides is 2. The van der Waals surface area contributed by atoms with Crippen LogP contribution in [-0.4, -0.2) is 68.6 Å². The van der Waals surface area contributed by atoms with E-state index >= 15 is 0 Å². The molecule has 3 rings (SSSR count). The monoisotopic (exact) mass is 388 g/mol. The van der Waals surface area contributed by atoms with Gasteiger partial charge in [0.25, 0.3) is 0 Å². The average Bonchev–Trinajstić information content (AvgIpc) is 2.87. The quantitative estimate of drug-likeness (QED) is 0.751. The highest BCUT2D eigenvalue weighted by atomic mass is 16.5. The number of piperidine rings is 1. The molecule has 2 aliphatic heterocycles. The van der Waals surface area contributed by atoms with E-state index in [9.17, 15) is 9.59 Å². The Morgan fingerprint density at radius 1 is 1.07 bits per heavy atom. The van der Waals surface area contributed by atoms with Crippen LogP contribution < -0.4 is 4.74 Å². The van der Waals surface area contributed by atoms with Gasteiger partial charge in [0.15, 0.2) is 0 Å². The molecular weight excluding hydrogens is 356 g/mol. The van der Waals surface area contributed by atoms with E-state index in [-0.39, 0.29) is 17.2 Å². The molecule has 28 heavy (non-hydrogen) atoms. The van der Waals surface area contributed by atoms with E-state index in [0.717, 1.165) is 56.6 Å². The van der Waals surface area contributed by atoms with Crippen molar-refractivity contribution in [3.63, 3.8) is 0 Å². The Morgan fingerprint density at radius 2 is 1.79 bits per heavy atom. The van der Waals surface area contributed by atoms with Crippen LogP contribution in [0.4, 0.5) is 0 Å². The largest absolute Gasteiger partial charge is 0.496 e. The van der Waals surface area contributed by atoms with E-state index in [2.05, 4.69) is 0 Å². The Bertz CT molecular complexity index is 683. The van der Waals surface area contributed by atoms with Gasteiger partial charge in [0.1, 0.15) is 5.75 Å². The number of carbonyl (C=O) groups is 2. The fourth-order valence-corrected chi connectivity index (χ4v) is 4.44. The molecule has 2 aliphatic rings. The number of likely N-dealkylation sites (tertiary alicyclic amines) is 2. The maximum Gasteiger partial charge on any atom is 0.227 e. The molecule has 154 valence electrons. The Kier molecular flexibility index (Phi) is 6.94. The van der Waals surface area contributed by atoms with Crippen LogP contribution >= 0.6 is 0 Å². The third-order valence-corrected chi connectivity index (χ3v) is 6.41. The number of hydrogen-bond acceptors (Lipinski definition) is 4. The van der Waals surface area contributed by atoms with Gasteiger partial charge in [0.2, 0.25) is 11.8 Å². The van der Waals surface area contributed by atoms with Crippen LogP contribution in [0.3, 0.4) is 0 Å². The molecule has 0 N–H and O–H groups in total. The molecule has 2 amide bonds. The van der Waals surface area contributed by atoms with Crippen LogP contribution in [-0.2, 0) is 20.7 Å². The van der Waals surface area contributed by atoms with Gasteiger partial charge in [0, 0.05) is 45.3 Å². The number of hydrogen-bond donors (Lipinski definition) is 0. The lowest BCUT2D eigenvalue weighted by molar-refractivity contribution is -0.133. The topological polar surface area (TPSA) is 59.1 Å². The van der Waals surface area contributed by atoms with Crippen LogP contribution in [0, 0.1) is 5.41 Å². The third kappa shape index (κ3) is 4.85. The van der Waals surface area contributed by atoms with Crippen LogP contribution in [0.25, 0.3) is 0 Å². The van der Waals surface area contributed by atoms with Gasteiger partial charge in [-0.3, -0.25) is 9.59 Å². The van der Waals surface area contributed by atoms with Gasteiger partial charge in [-0.25, -0.2) is 0 Å². The standard InChI is InChI=1S/C22H32N2O4/c1-27-16-15-24-14-11-22(8-7-20(24)25)9-12-23(13-10-22)21(26)17-18-5-3-4-6-19(18)28-2/h3-6H,7-17H2,1-2H3. The minimum atomic E-state index is 0.158. The summed E-state index contributed by atoms with van der Waals surface area (Å²) in [5, 5.41) is 0. The second-order valence-electron chi connectivity index (χ2n) is 7.99. The van der Waals surface area contributed by atoms with E-state index in [4.69, 9.17) is 9.47 Å². The van der Waals surface area contributed by atoms with Crippen LogP contribution in [0.1, 0.15) is 37.7 Å². The lowest BCUT2D eigenvalue weighted by atomic mass is 9.73. The molecule has 0 aliphatic carbocycles. The maximum absolute atomic E-state index is 12.8. The molecule has 2 fully saturated rings. The zero-order chi connectivity index (χ0) is 20.0. The Labute approximate surface area is 167 Å². The second kappa shape index (κ2) is 9.41. The molecule has 1 spiro atoms. The molecule has 0 saturated carbocycles. The second-order valence-corrected chi connectivity index (χ2v) is 7.99. The number of rotatable bonds is 6. The molecule has 6 heteroatoms. The highest BCUT2D eigenvalue weighted by molar-refractivity contribution is 5.79. The smallest absolute Gasteiger partial charge is 0.227 e. The van der Waals surface area contributed by atoms with Crippen molar-refractivity contribution in [3.8, 4) is 5.75 Å². The summed E-state index contributed by atoms with van der Waals surface area (Å²) in [5.41, 5.74) is 1.13. The van der Waals surface area contributed by atoms with Crippen molar-refractivity contribution in [2.24, 2.45) is 5.41 Å². The molecule has 0 aromatic heterocycles. The summed E-state index contributed by atoms with van der Waals surface area (Å²) < 4.78 is 10.5. The predicted molar refractivity (Wildman–Crippen MR) is 107 cm³/mol. The van der Waals surface area contributed by atoms with Gasteiger partial charge >= 0.3 is 0 Å². The molecule has 0 atom stereocenters. The lowest BCUT2D eigenvalue weighted by Crippen LogP contribution is -2.44. The van der Waals surface area contributed by atoms with E-state index < -0.39 is 0 Å². The van der Waals surface area contributed by atoms with Gasteiger partial charge in [0.05, 0.1) is 20.1 Å². The van der Waals surface area contributed by atoms with Crippen molar-refractivity contribution in [2.75, 3.05) is 47.0 Å². The fraction of sp³-hybridized carbons (Fsp3) is 0.636. The zero-order valence-corrected chi connectivity index (χ0v) is 17.1. The summed E-state index contributed by atoms with van der Waals surface area (Å²) in [6.07, 6.45) is 4.91. The van der Waals surface area contributed by atoms with Crippen molar-refractivity contribution in [2.45, 2.75) is 38.5 Å². The van der Waals surface area contributed by atoms with E-state index in [1.807, 2.05) is 34.1 Å². The summed E-state index contributed by atoms with van der Waals surface area (Å²) >= 11 is 0. The van der Waals surface area contributed by atoms with Gasteiger partial charge in [-0.05, 0) is 37.2 Å². The first kappa shape index (κ1) is 20.6. The van der Waals surface area contributed by atoms with E-state index in [0.29, 0.717) is 26.0 Å². The third-order valence-electron chi connectivity index (χ3n) is 6.41. The molecule has 2 saturated heterocycles. The van der Waals surface area contributed by atoms with Crippen LogP contribution in [0.2, 0.25) is 0 Å². The van der Waals surface area contributed by atoms with Crippen molar-refractivity contribution < 1.29 is 19.1 Å². The molecule has 1 aromatic rings.